The third-order valence-corrected chi connectivity index (χ3v) is 4.46. The van der Waals surface area contributed by atoms with E-state index in [-0.39, 0.29) is 17.4 Å². The summed E-state index contributed by atoms with van der Waals surface area (Å²) in [5.74, 6) is -1.38. The molecule has 4 nitrogen and oxygen atoms in total. The quantitative estimate of drug-likeness (QED) is 0.501. The molecule has 0 saturated carbocycles. The molecule has 3 rings (SSSR count). The summed E-state index contributed by atoms with van der Waals surface area (Å²) in [6, 6.07) is 18.8. The van der Waals surface area contributed by atoms with Crippen molar-refractivity contribution in [2.75, 3.05) is 10.6 Å². The number of carbonyl (C=O) groups excluding carboxylic acids is 1. The minimum atomic E-state index is -0.574. The first-order chi connectivity index (χ1) is 13.9. The molecular weight excluding hydrogens is 392 g/mol. The fourth-order valence-electron chi connectivity index (χ4n) is 2.68. The van der Waals surface area contributed by atoms with Crippen LogP contribution in [0.25, 0.3) is 0 Å². The molecule has 29 heavy (non-hydrogen) atoms. The van der Waals surface area contributed by atoms with Crippen LogP contribution in [0.4, 0.5) is 20.2 Å². The third-order valence-electron chi connectivity index (χ3n) is 4.24. The molecule has 0 fully saturated rings. The van der Waals surface area contributed by atoms with E-state index in [9.17, 15) is 13.6 Å². The standard InChI is InChI=1S/C22H19F2N3OS/c1-14(15-6-8-16(23)9-7-15)25-22(29)27-18-12-10-17(11-13-18)26-21(28)19-4-2-3-5-20(19)24/h2-14H,1H3,(H,26,28)(H2,25,27,29). The van der Waals surface area contributed by atoms with Crippen LogP contribution in [0, 0.1) is 11.6 Å². The molecule has 1 atom stereocenters. The summed E-state index contributed by atoms with van der Waals surface area (Å²) >= 11 is 5.31. The van der Waals surface area contributed by atoms with Gasteiger partial charge < -0.3 is 16.0 Å². The van der Waals surface area contributed by atoms with Crippen LogP contribution in [-0.4, -0.2) is 11.0 Å². The van der Waals surface area contributed by atoms with Gasteiger partial charge in [0.1, 0.15) is 11.6 Å². The van der Waals surface area contributed by atoms with E-state index < -0.39 is 11.7 Å². The number of hydrogen-bond donors (Lipinski definition) is 3. The molecule has 0 radical (unpaired) electrons. The Labute approximate surface area is 173 Å². The maximum Gasteiger partial charge on any atom is 0.258 e. The lowest BCUT2D eigenvalue weighted by Crippen LogP contribution is -2.30. The second-order valence-electron chi connectivity index (χ2n) is 6.38. The predicted molar refractivity (Wildman–Crippen MR) is 115 cm³/mol. The molecule has 0 spiro atoms. The Hall–Kier alpha value is -3.32. The zero-order chi connectivity index (χ0) is 20.8. The highest BCUT2D eigenvalue weighted by atomic mass is 32.1. The molecule has 0 bridgehead atoms. The van der Waals surface area contributed by atoms with Crippen LogP contribution in [0.15, 0.2) is 72.8 Å². The Bertz CT molecular complexity index is 1010. The number of hydrogen-bond acceptors (Lipinski definition) is 2. The van der Waals surface area contributed by atoms with Crippen molar-refractivity contribution in [1.82, 2.24) is 5.32 Å². The van der Waals surface area contributed by atoms with Crippen LogP contribution < -0.4 is 16.0 Å². The van der Waals surface area contributed by atoms with Crippen molar-refractivity contribution >= 4 is 34.6 Å². The van der Waals surface area contributed by atoms with E-state index in [0.29, 0.717) is 10.8 Å². The summed E-state index contributed by atoms with van der Waals surface area (Å²) in [6.07, 6.45) is 0. The number of carbonyl (C=O) groups is 1. The SMILES string of the molecule is CC(NC(=S)Nc1ccc(NC(=O)c2ccccc2F)cc1)c1ccc(F)cc1. The van der Waals surface area contributed by atoms with E-state index in [4.69, 9.17) is 12.2 Å². The lowest BCUT2D eigenvalue weighted by molar-refractivity contribution is 0.102. The number of nitrogens with one attached hydrogen (secondary N) is 3. The molecule has 148 valence electrons. The van der Waals surface area contributed by atoms with Crippen LogP contribution in [0.3, 0.4) is 0 Å². The zero-order valence-electron chi connectivity index (χ0n) is 15.6. The van der Waals surface area contributed by atoms with E-state index in [0.717, 1.165) is 11.3 Å². The summed E-state index contributed by atoms with van der Waals surface area (Å²) in [5, 5.41) is 9.23. The Morgan fingerprint density at radius 3 is 2.07 bits per heavy atom. The molecule has 0 aliphatic carbocycles. The van der Waals surface area contributed by atoms with Crippen molar-refractivity contribution in [3.05, 3.63) is 95.6 Å². The lowest BCUT2D eigenvalue weighted by atomic mass is 10.1. The van der Waals surface area contributed by atoms with Crippen LogP contribution in [0.2, 0.25) is 0 Å². The first-order valence-corrected chi connectivity index (χ1v) is 9.32. The van der Waals surface area contributed by atoms with Crippen molar-refractivity contribution < 1.29 is 13.6 Å². The highest BCUT2D eigenvalue weighted by Gasteiger charge is 2.11. The van der Waals surface area contributed by atoms with Gasteiger partial charge in [-0.3, -0.25) is 4.79 Å². The number of thiocarbonyl (C=S) groups is 1. The number of rotatable bonds is 5. The number of benzene rings is 3. The molecule has 3 aromatic rings. The second kappa shape index (κ2) is 9.25. The molecular formula is C22H19F2N3OS. The minimum Gasteiger partial charge on any atom is -0.356 e. The van der Waals surface area contributed by atoms with Gasteiger partial charge >= 0.3 is 0 Å². The zero-order valence-corrected chi connectivity index (χ0v) is 16.4. The molecule has 1 unspecified atom stereocenters. The Balaban J connectivity index is 1.56. The van der Waals surface area contributed by atoms with E-state index in [1.54, 1.807) is 42.5 Å². The Morgan fingerprint density at radius 1 is 0.862 bits per heavy atom. The van der Waals surface area contributed by atoms with E-state index in [1.165, 1.54) is 30.3 Å². The largest absolute Gasteiger partial charge is 0.356 e. The fourth-order valence-corrected chi connectivity index (χ4v) is 2.97. The van der Waals surface area contributed by atoms with Gasteiger partial charge in [0.2, 0.25) is 0 Å². The van der Waals surface area contributed by atoms with E-state index in [2.05, 4.69) is 16.0 Å². The van der Waals surface area contributed by atoms with Crippen LogP contribution in [-0.2, 0) is 0 Å². The second-order valence-corrected chi connectivity index (χ2v) is 6.79. The van der Waals surface area contributed by atoms with Gasteiger partial charge in [-0.15, -0.1) is 0 Å². The summed E-state index contributed by atoms with van der Waals surface area (Å²) in [4.78, 5) is 12.2. The monoisotopic (exact) mass is 411 g/mol. The highest BCUT2D eigenvalue weighted by molar-refractivity contribution is 7.80. The van der Waals surface area contributed by atoms with Crippen LogP contribution in [0.1, 0.15) is 28.9 Å². The molecule has 1 amide bonds. The Kier molecular flexibility index (Phi) is 6.51. The van der Waals surface area contributed by atoms with Crippen molar-refractivity contribution in [1.29, 1.82) is 0 Å². The number of amides is 1. The Morgan fingerprint density at radius 2 is 1.45 bits per heavy atom. The van der Waals surface area contributed by atoms with Crippen LogP contribution >= 0.6 is 12.2 Å². The molecule has 7 heteroatoms. The summed E-state index contributed by atoms with van der Waals surface area (Å²) in [6.45, 7) is 1.92. The van der Waals surface area contributed by atoms with Gasteiger partial charge in [-0.05, 0) is 73.2 Å². The maximum absolute atomic E-state index is 13.7. The average molecular weight is 411 g/mol. The third kappa shape index (κ3) is 5.58. The first-order valence-electron chi connectivity index (χ1n) is 8.91. The van der Waals surface area contributed by atoms with Gasteiger partial charge in [0.25, 0.3) is 5.91 Å². The molecule has 0 heterocycles. The van der Waals surface area contributed by atoms with Crippen molar-refractivity contribution in [3.8, 4) is 0 Å². The summed E-state index contributed by atoms with van der Waals surface area (Å²) < 4.78 is 26.7. The molecule has 0 aliphatic rings. The van der Waals surface area contributed by atoms with Gasteiger partial charge in [-0.2, -0.15) is 0 Å². The topological polar surface area (TPSA) is 53.2 Å². The normalized spacial score (nSPS) is 11.4. The minimum absolute atomic E-state index is 0.0186. The predicted octanol–water partition coefficient (Wildman–Crippen LogP) is 5.26. The summed E-state index contributed by atoms with van der Waals surface area (Å²) in [5.41, 5.74) is 2.14. The number of anilines is 2. The van der Waals surface area contributed by atoms with E-state index in [1.807, 2.05) is 6.92 Å². The average Bonchev–Trinajstić information content (AvgIpc) is 2.70. The first kappa shape index (κ1) is 20.4. The molecule has 0 aromatic heterocycles. The molecule has 3 N–H and O–H groups in total. The van der Waals surface area contributed by atoms with Crippen molar-refractivity contribution in [3.63, 3.8) is 0 Å². The van der Waals surface area contributed by atoms with Gasteiger partial charge in [-0.25, -0.2) is 8.78 Å². The van der Waals surface area contributed by atoms with Gasteiger partial charge in [0, 0.05) is 11.4 Å². The van der Waals surface area contributed by atoms with Gasteiger partial charge in [-0.1, -0.05) is 24.3 Å². The number of halogens is 2. The van der Waals surface area contributed by atoms with Gasteiger partial charge in [0.05, 0.1) is 11.6 Å². The summed E-state index contributed by atoms with van der Waals surface area (Å²) in [7, 11) is 0. The van der Waals surface area contributed by atoms with E-state index >= 15 is 0 Å². The lowest BCUT2D eigenvalue weighted by Gasteiger charge is -2.17. The van der Waals surface area contributed by atoms with Crippen molar-refractivity contribution in [2.24, 2.45) is 0 Å². The fraction of sp³-hybridized carbons (Fsp3) is 0.0909. The van der Waals surface area contributed by atoms with Gasteiger partial charge in [0.15, 0.2) is 5.11 Å². The maximum atomic E-state index is 13.7. The highest BCUT2D eigenvalue weighted by Crippen LogP contribution is 2.17. The van der Waals surface area contributed by atoms with Crippen LogP contribution in [0.5, 0.6) is 0 Å². The molecule has 0 saturated heterocycles. The molecule has 3 aromatic carbocycles. The van der Waals surface area contributed by atoms with Crippen molar-refractivity contribution in [2.45, 2.75) is 13.0 Å². The smallest absolute Gasteiger partial charge is 0.258 e. The molecule has 0 aliphatic heterocycles.